The zero-order valence-corrected chi connectivity index (χ0v) is 17.2. The second-order valence-corrected chi connectivity index (χ2v) is 8.38. The summed E-state index contributed by atoms with van der Waals surface area (Å²) in [6.45, 7) is 3.61. The van der Waals surface area contributed by atoms with Crippen molar-refractivity contribution in [3.8, 4) is 0 Å². The van der Waals surface area contributed by atoms with Gasteiger partial charge in [-0.15, -0.1) is 11.3 Å². The van der Waals surface area contributed by atoms with E-state index in [4.69, 9.17) is 12.2 Å². The fourth-order valence-corrected chi connectivity index (χ4v) is 4.80. The van der Waals surface area contributed by atoms with Crippen LogP contribution in [0.15, 0.2) is 60.8 Å². The monoisotopic (exact) mass is 408 g/mol. The van der Waals surface area contributed by atoms with Gasteiger partial charge in [-0.05, 0) is 67.7 Å². The zero-order chi connectivity index (χ0) is 19.7. The molecule has 1 amide bonds. The molecule has 7 heteroatoms. The van der Waals surface area contributed by atoms with Crippen molar-refractivity contribution in [2.24, 2.45) is 0 Å². The Bertz CT molecular complexity index is 1000. The highest BCUT2D eigenvalue weighted by Crippen LogP contribution is 2.43. The molecule has 0 spiro atoms. The lowest BCUT2D eigenvalue weighted by atomic mass is 10.0. The number of anilines is 2. The van der Waals surface area contributed by atoms with Gasteiger partial charge in [0.2, 0.25) is 5.91 Å². The van der Waals surface area contributed by atoms with Gasteiger partial charge in [-0.2, -0.15) is 0 Å². The van der Waals surface area contributed by atoms with Gasteiger partial charge in [-0.25, -0.2) is 0 Å². The molecule has 3 heterocycles. The lowest BCUT2D eigenvalue weighted by molar-refractivity contribution is -0.114. The summed E-state index contributed by atoms with van der Waals surface area (Å²) >= 11 is 7.48. The van der Waals surface area contributed by atoms with E-state index in [1.165, 1.54) is 16.7 Å². The molecule has 1 fully saturated rings. The van der Waals surface area contributed by atoms with Crippen molar-refractivity contribution in [3.05, 3.63) is 76.2 Å². The van der Waals surface area contributed by atoms with Gasteiger partial charge in [0.05, 0.1) is 17.8 Å². The van der Waals surface area contributed by atoms with E-state index in [1.54, 1.807) is 11.3 Å². The summed E-state index contributed by atoms with van der Waals surface area (Å²) in [5.41, 5.74) is 2.69. The average Bonchev–Trinajstić information content (AvgIpc) is 3.26. The summed E-state index contributed by atoms with van der Waals surface area (Å²) in [5, 5.41) is 6.92. The highest BCUT2D eigenvalue weighted by atomic mass is 32.1. The van der Waals surface area contributed by atoms with Gasteiger partial charge in [0.25, 0.3) is 0 Å². The summed E-state index contributed by atoms with van der Waals surface area (Å²) in [6, 6.07) is 17.9. The summed E-state index contributed by atoms with van der Waals surface area (Å²) in [4.78, 5) is 20.5. The number of carbonyl (C=O) groups is 1. The third-order valence-corrected chi connectivity index (χ3v) is 6.00. The second kappa shape index (κ2) is 7.69. The Hall–Kier alpha value is -2.77. The lowest BCUT2D eigenvalue weighted by Crippen LogP contribution is -2.29. The number of thiophene rings is 1. The molecule has 0 unspecified atom stereocenters. The molecule has 142 valence electrons. The third-order valence-electron chi connectivity index (χ3n) is 4.62. The Kier molecular flexibility index (Phi) is 5.11. The smallest absolute Gasteiger partial charge is 0.221 e. The van der Waals surface area contributed by atoms with Crippen molar-refractivity contribution in [2.45, 2.75) is 25.9 Å². The van der Waals surface area contributed by atoms with Crippen molar-refractivity contribution < 1.29 is 4.79 Å². The van der Waals surface area contributed by atoms with E-state index >= 15 is 0 Å². The van der Waals surface area contributed by atoms with Crippen LogP contribution in [0, 0.1) is 6.92 Å². The van der Waals surface area contributed by atoms with Gasteiger partial charge in [0.15, 0.2) is 5.11 Å². The minimum atomic E-state index is -0.0896. The number of thiocarbonyl (C=S) groups is 1. The van der Waals surface area contributed by atoms with Gasteiger partial charge in [-0.3, -0.25) is 9.78 Å². The Morgan fingerprint density at radius 1 is 1.18 bits per heavy atom. The van der Waals surface area contributed by atoms with Crippen LogP contribution in [0.1, 0.15) is 34.5 Å². The predicted molar refractivity (Wildman–Crippen MR) is 118 cm³/mol. The van der Waals surface area contributed by atoms with Gasteiger partial charge < -0.3 is 15.5 Å². The highest BCUT2D eigenvalue weighted by Gasteiger charge is 2.41. The second-order valence-electron chi connectivity index (χ2n) is 6.67. The molecular weight excluding hydrogens is 388 g/mol. The van der Waals surface area contributed by atoms with Crippen LogP contribution in [0.3, 0.4) is 0 Å². The average molecular weight is 409 g/mol. The van der Waals surface area contributed by atoms with E-state index < -0.39 is 0 Å². The van der Waals surface area contributed by atoms with Crippen LogP contribution in [0.4, 0.5) is 11.4 Å². The molecule has 1 aromatic carbocycles. The Labute approximate surface area is 173 Å². The summed E-state index contributed by atoms with van der Waals surface area (Å²) < 4.78 is 0. The molecule has 1 saturated heterocycles. The molecule has 4 rings (SSSR count). The molecule has 5 nitrogen and oxygen atoms in total. The fraction of sp³-hybridized carbons (Fsp3) is 0.190. The van der Waals surface area contributed by atoms with Crippen LogP contribution in [0.2, 0.25) is 0 Å². The molecule has 2 aromatic heterocycles. The Morgan fingerprint density at radius 2 is 1.96 bits per heavy atom. The molecule has 3 aromatic rings. The van der Waals surface area contributed by atoms with Gasteiger partial charge in [-0.1, -0.05) is 6.07 Å². The van der Waals surface area contributed by atoms with Crippen LogP contribution in [-0.4, -0.2) is 16.0 Å². The van der Waals surface area contributed by atoms with Crippen LogP contribution < -0.4 is 15.5 Å². The molecule has 2 N–H and O–H groups in total. The number of nitrogens with zero attached hydrogens (tertiary/aromatic N) is 2. The first-order valence-electron chi connectivity index (χ1n) is 8.97. The molecular formula is C21H20N4OS2. The number of nitrogens with one attached hydrogen (secondary N) is 2. The zero-order valence-electron chi connectivity index (χ0n) is 15.5. The highest BCUT2D eigenvalue weighted by molar-refractivity contribution is 7.80. The van der Waals surface area contributed by atoms with Crippen LogP contribution in [0.5, 0.6) is 0 Å². The maximum atomic E-state index is 11.3. The molecule has 0 radical (unpaired) electrons. The Morgan fingerprint density at radius 3 is 2.57 bits per heavy atom. The minimum Gasteiger partial charge on any atom is -0.351 e. The number of pyridine rings is 1. The standard InChI is InChI=1S/C21H20N4OS2/c1-13-6-11-18(28-13)20-19(17-5-3-4-12-22-17)24-21(27)25(20)16-9-7-15(8-10-16)23-14(2)26/h3-12,19-20H,1-2H3,(H,23,26)(H,24,27)/t19-,20+/m1/s1. The molecule has 0 bridgehead atoms. The molecule has 1 aliphatic heterocycles. The number of amides is 1. The molecule has 0 aliphatic carbocycles. The first-order valence-corrected chi connectivity index (χ1v) is 10.2. The number of aromatic nitrogens is 1. The van der Waals surface area contributed by atoms with Gasteiger partial charge in [0.1, 0.15) is 0 Å². The number of hydrogen-bond acceptors (Lipinski definition) is 4. The Balaban J connectivity index is 1.74. The van der Waals surface area contributed by atoms with E-state index in [-0.39, 0.29) is 18.0 Å². The topological polar surface area (TPSA) is 57.3 Å². The maximum absolute atomic E-state index is 11.3. The van der Waals surface area contributed by atoms with Crippen LogP contribution in [0.25, 0.3) is 0 Å². The number of hydrogen-bond donors (Lipinski definition) is 2. The van der Waals surface area contributed by atoms with Gasteiger partial charge >= 0.3 is 0 Å². The number of carbonyl (C=O) groups excluding carboxylic acids is 1. The first kappa shape index (κ1) is 18.6. The normalized spacial score (nSPS) is 18.8. The predicted octanol–water partition coefficient (Wildman–Crippen LogP) is 4.59. The van der Waals surface area contributed by atoms with Gasteiger partial charge in [0, 0.05) is 34.2 Å². The van der Waals surface area contributed by atoms with Crippen LogP contribution in [-0.2, 0) is 4.79 Å². The van der Waals surface area contributed by atoms with Crippen molar-refractivity contribution in [1.82, 2.24) is 10.3 Å². The van der Waals surface area contributed by atoms with Crippen molar-refractivity contribution in [1.29, 1.82) is 0 Å². The van der Waals surface area contributed by atoms with E-state index in [2.05, 4.69) is 39.6 Å². The van der Waals surface area contributed by atoms with E-state index in [9.17, 15) is 4.79 Å². The summed E-state index contributed by atoms with van der Waals surface area (Å²) in [6.07, 6.45) is 1.81. The summed E-state index contributed by atoms with van der Waals surface area (Å²) in [7, 11) is 0. The maximum Gasteiger partial charge on any atom is 0.221 e. The van der Waals surface area contributed by atoms with E-state index in [0.717, 1.165) is 17.1 Å². The largest absolute Gasteiger partial charge is 0.351 e. The molecule has 28 heavy (non-hydrogen) atoms. The van der Waals surface area contributed by atoms with E-state index in [0.29, 0.717) is 5.11 Å². The van der Waals surface area contributed by atoms with Crippen LogP contribution >= 0.6 is 23.6 Å². The first-order chi connectivity index (χ1) is 13.5. The number of rotatable bonds is 4. The lowest BCUT2D eigenvalue weighted by Gasteiger charge is -2.27. The van der Waals surface area contributed by atoms with Crippen molar-refractivity contribution in [2.75, 3.05) is 10.2 Å². The SMILES string of the molecule is CC(=O)Nc1ccc(N2C(=S)N[C@H](c3ccccn3)[C@@H]2c2ccc(C)s2)cc1. The molecule has 0 saturated carbocycles. The summed E-state index contributed by atoms with van der Waals surface area (Å²) in [5.74, 6) is -0.0896. The molecule has 2 atom stereocenters. The van der Waals surface area contributed by atoms with E-state index in [1.807, 2.05) is 48.7 Å². The number of benzene rings is 1. The fourth-order valence-electron chi connectivity index (χ4n) is 3.44. The molecule has 1 aliphatic rings. The van der Waals surface area contributed by atoms with Crippen molar-refractivity contribution in [3.63, 3.8) is 0 Å². The third kappa shape index (κ3) is 3.63. The quantitative estimate of drug-likeness (QED) is 0.619. The number of aryl methyl sites for hydroxylation is 1. The minimum absolute atomic E-state index is 0.00714. The van der Waals surface area contributed by atoms with Crippen molar-refractivity contribution >= 4 is 45.9 Å².